The Hall–Kier alpha value is -2.33. The van der Waals surface area contributed by atoms with E-state index in [2.05, 4.69) is 12.1 Å². The monoisotopic (exact) mass is 311 g/mol. The Bertz CT molecular complexity index is 707. The van der Waals surface area contributed by atoms with Crippen molar-refractivity contribution in [3.63, 3.8) is 0 Å². The number of hydrogen-bond donors (Lipinski definition) is 0. The number of carbonyl (C=O) groups excluding carboxylic acids is 1. The Balaban J connectivity index is 2.00. The van der Waals surface area contributed by atoms with Crippen molar-refractivity contribution in [2.45, 2.75) is 26.5 Å². The lowest BCUT2D eigenvalue weighted by molar-refractivity contribution is -0.123. The highest BCUT2D eigenvalue weighted by atomic mass is 16.5. The van der Waals surface area contributed by atoms with Gasteiger partial charge in [0, 0.05) is 17.3 Å². The molecule has 1 aliphatic rings. The van der Waals surface area contributed by atoms with E-state index in [0.29, 0.717) is 6.61 Å². The van der Waals surface area contributed by atoms with Crippen LogP contribution in [0.2, 0.25) is 0 Å². The average molecular weight is 311 g/mol. The maximum Gasteiger partial charge on any atom is 0.253 e. The minimum atomic E-state index is 0.0101. The van der Waals surface area contributed by atoms with Crippen LogP contribution in [-0.2, 0) is 16.1 Å². The molecule has 2 aromatic carbocycles. The minimum Gasteiger partial charge on any atom is -0.497 e. The summed E-state index contributed by atoms with van der Waals surface area (Å²) in [7, 11) is 1.66. The number of fused-ring (bicyclic) bond motifs is 1. The van der Waals surface area contributed by atoms with E-state index in [0.717, 1.165) is 28.1 Å². The molecular weight excluding hydrogens is 290 g/mol. The molecule has 1 amide bonds. The molecule has 0 radical (unpaired) electrons. The molecule has 0 N–H and O–H groups in total. The van der Waals surface area contributed by atoms with Gasteiger partial charge in [-0.3, -0.25) is 4.79 Å². The number of amides is 1. The second-order valence-electron chi connectivity index (χ2n) is 5.92. The van der Waals surface area contributed by atoms with Gasteiger partial charge < -0.3 is 14.4 Å². The van der Waals surface area contributed by atoms with Crippen LogP contribution in [-0.4, -0.2) is 25.7 Å². The Kier molecular flexibility index (Phi) is 4.35. The van der Waals surface area contributed by atoms with Gasteiger partial charge in [0.25, 0.3) is 5.91 Å². The van der Waals surface area contributed by atoms with Crippen molar-refractivity contribution in [2.75, 3.05) is 18.6 Å². The van der Waals surface area contributed by atoms with Gasteiger partial charge in [0.05, 0.1) is 13.7 Å². The Morgan fingerprint density at radius 1 is 1.04 bits per heavy atom. The first-order chi connectivity index (χ1) is 11.1. The standard InChI is InChI=1S/C19H21NO3/c1-13(2)20-18-9-6-15(10-16(18)11-23-12-19(20)21)14-4-7-17(22-3)8-5-14/h4-10,13H,11-12H2,1-3H3. The lowest BCUT2D eigenvalue weighted by Gasteiger charge is -2.26. The quantitative estimate of drug-likeness (QED) is 0.869. The van der Waals surface area contributed by atoms with Crippen LogP contribution in [0, 0.1) is 0 Å². The third-order valence-electron chi connectivity index (χ3n) is 4.03. The minimum absolute atomic E-state index is 0.0101. The summed E-state index contributed by atoms with van der Waals surface area (Å²) in [4.78, 5) is 14.1. The van der Waals surface area contributed by atoms with Gasteiger partial charge in [-0.05, 0) is 49.2 Å². The summed E-state index contributed by atoms with van der Waals surface area (Å²) in [6.45, 7) is 4.62. The second kappa shape index (κ2) is 6.42. The number of rotatable bonds is 3. The molecule has 2 aromatic rings. The van der Waals surface area contributed by atoms with Crippen LogP contribution in [0.25, 0.3) is 11.1 Å². The van der Waals surface area contributed by atoms with E-state index in [1.807, 2.05) is 49.1 Å². The van der Waals surface area contributed by atoms with Crippen LogP contribution in [0.1, 0.15) is 19.4 Å². The van der Waals surface area contributed by atoms with Crippen molar-refractivity contribution >= 4 is 11.6 Å². The van der Waals surface area contributed by atoms with Crippen LogP contribution < -0.4 is 9.64 Å². The second-order valence-corrected chi connectivity index (χ2v) is 5.92. The summed E-state index contributed by atoms with van der Waals surface area (Å²) in [5.41, 5.74) is 4.20. The predicted molar refractivity (Wildman–Crippen MR) is 90.7 cm³/mol. The molecular formula is C19H21NO3. The molecule has 3 rings (SSSR count). The molecule has 0 saturated heterocycles. The van der Waals surface area contributed by atoms with Crippen molar-refractivity contribution in [3.05, 3.63) is 48.0 Å². The Labute approximate surface area is 136 Å². The molecule has 0 saturated carbocycles. The number of ether oxygens (including phenoxy) is 2. The Morgan fingerprint density at radius 2 is 1.74 bits per heavy atom. The molecule has 0 atom stereocenters. The van der Waals surface area contributed by atoms with Crippen LogP contribution in [0.15, 0.2) is 42.5 Å². The molecule has 0 unspecified atom stereocenters. The molecule has 0 fully saturated rings. The maximum atomic E-state index is 12.2. The van der Waals surface area contributed by atoms with E-state index in [-0.39, 0.29) is 18.6 Å². The maximum absolute atomic E-state index is 12.2. The van der Waals surface area contributed by atoms with Crippen LogP contribution in [0.3, 0.4) is 0 Å². The van der Waals surface area contributed by atoms with Gasteiger partial charge in [-0.15, -0.1) is 0 Å². The van der Waals surface area contributed by atoms with Gasteiger partial charge >= 0.3 is 0 Å². The zero-order chi connectivity index (χ0) is 16.4. The highest BCUT2D eigenvalue weighted by Gasteiger charge is 2.25. The number of nitrogens with zero attached hydrogens (tertiary/aromatic N) is 1. The first-order valence-corrected chi connectivity index (χ1v) is 7.77. The van der Waals surface area contributed by atoms with E-state index in [1.165, 1.54) is 0 Å². The Morgan fingerprint density at radius 3 is 2.39 bits per heavy atom. The number of carbonyl (C=O) groups is 1. The average Bonchev–Trinajstić information content (AvgIpc) is 2.72. The summed E-state index contributed by atoms with van der Waals surface area (Å²) >= 11 is 0. The molecule has 0 spiro atoms. The normalized spacial score (nSPS) is 14.6. The number of hydrogen-bond acceptors (Lipinski definition) is 3. The van der Waals surface area contributed by atoms with Crippen molar-refractivity contribution in [3.8, 4) is 16.9 Å². The highest BCUT2D eigenvalue weighted by Crippen LogP contribution is 2.31. The zero-order valence-electron chi connectivity index (χ0n) is 13.7. The highest BCUT2D eigenvalue weighted by molar-refractivity contribution is 5.96. The van der Waals surface area contributed by atoms with Crippen molar-refractivity contribution in [1.29, 1.82) is 0 Å². The largest absolute Gasteiger partial charge is 0.497 e. The van der Waals surface area contributed by atoms with Crippen LogP contribution >= 0.6 is 0 Å². The number of benzene rings is 2. The van der Waals surface area contributed by atoms with Crippen molar-refractivity contribution in [2.24, 2.45) is 0 Å². The zero-order valence-corrected chi connectivity index (χ0v) is 13.7. The number of methoxy groups -OCH3 is 1. The lowest BCUT2D eigenvalue weighted by atomic mass is 10.0. The predicted octanol–water partition coefficient (Wildman–Crippen LogP) is 3.63. The van der Waals surface area contributed by atoms with Gasteiger partial charge in [-0.25, -0.2) is 0 Å². The van der Waals surface area contributed by atoms with E-state index < -0.39 is 0 Å². The SMILES string of the molecule is COc1ccc(-c2ccc3c(c2)COCC(=O)N3C(C)C)cc1. The molecule has 0 aliphatic carbocycles. The fraction of sp³-hybridized carbons (Fsp3) is 0.316. The first kappa shape index (κ1) is 15.6. The fourth-order valence-electron chi connectivity index (χ4n) is 2.92. The van der Waals surface area contributed by atoms with Gasteiger partial charge in [-0.2, -0.15) is 0 Å². The summed E-state index contributed by atoms with van der Waals surface area (Å²) in [6.07, 6.45) is 0. The molecule has 23 heavy (non-hydrogen) atoms. The molecule has 4 nitrogen and oxygen atoms in total. The molecule has 0 aromatic heterocycles. The van der Waals surface area contributed by atoms with Crippen LogP contribution in [0.4, 0.5) is 5.69 Å². The molecule has 1 aliphatic heterocycles. The molecule has 4 heteroatoms. The topological polar surface area (TPSA) is 38.8 Å². The molecule has 120 valence electrons. The van der Waals surface area contributed by atoms with E-state index in [4.69, 9.17) is 9.47 Å². The number of anilines is 1. The van der Waals surface area contributed by atoms with Crippen molar-refractivity contribution < 1.29 is 14.3 Å². The summed E-state index contributed by atoms with van der Waals surface area (Å²) in [6, 6.07) is 14.2. The van der Waals surface area contributed by atoms with Gasteiger partial charge in [0.15, 0.2) is 0 Å². The van der Waals surface area contributed by atoms with Crippen LogP contribution in [0.5, 0.6) is 5.75 Å². The third kappa shape index (κ3) is 3.08. The summed E-state index contributed by atoms with van der Waals surface area (Å²) in [5, 5.41) is 0. The molecule has 0 bridgehead atoms. The van der Waals surface area contributed by atoms with Gasteiger partial charge in [0.1, 0.15) is 12.4 Å². The fourth-order valence-corrected chi connectivity index (χ4v) is 2.92. The van der Waals surface area contributed by atoms with Gasteiger partial charge in [0.2, 0.25) is 0 Å². The first-order valence-electron chi connectivity index (χ1n) is 7.77. The summed E-state index contributed by atoms with van der Waals surface area (Å²) in [5.74, 6) is 0.847. The van der Waals surface area contributed by atoms with E-state index in [1.54, 1.807) is 7.11 Å². The van der Waals surface area contributed by atoms with Crippen molar-refractivity contribution in [1.82, 2.24) is 0 Å². The lowest BCUT2D eigenvalue weighted by Crippen LogP contribution is -2.38. The third-order valence-corrected chi connectivity index (χ3v) is 4.03. The van der Waals surface area contributed by atoms with E-state index in [9.17, 15) is 4.79 Å². The van der Waals surface area contributed by atoms with E-state index >= 15 is 0 Å². The summed E-state index contributed by atoms with van der Waals surface area (Å²) < 4.78 is 10.7. The van der Waals surface area contributed by atoms with Gasteiger partial charge in [-0.1, -0.05) is 18.2 Å². The smallest absolute Gasteiger partial charge is 0.253 e. The molecule has 1 heterocycles.